The van der Waals surface area contributed by atoms with Gasteiger partial charge >= 0.3 is 0 Å². The summed E-state index contributed by atoms with van der Waals surface area (Å²) in [5, 5.41) is 0.384. The third-order valence-electron chi connectivity index (χ3n) is 5.49. The van der Waals surface area contributed by atoms with Gasteiger partial charge in [0.1, 0.15) is 11.6 Å². The summed E-state index contributed by atoms with van der Waals surface area (Å²) in [7, 11) is 0. The van der Waals surface area contributed by atoms with E-state index in [-0.39, 0.29) is 23.9 Å². The van der Waals surface area contributed by atoms with Gasteiger partial charge in [-0.3, -0.25) is 4.79 Å². The Balaban J connectivity index is 1.48. The molecule has 1 nitrogen and oxygen atoms in total. The van der Waals surface area contributed by atoms with Crippen molar-refractivity contribution in [2.24, 2.45) is 29.6 Å². The van der Waals surface area contributed by atoms with Crippen LogP contribution in [0.15, 0.2) is 18.2 Å². The summed E-state index contributed by atoms with van der Waals surface area (Å²) >= 11 is 5.73. The van der Waals surface area contributed by atoms with Crippen LogP contribution in [0.2, 0.25) is 5.02 Å². The monoisotopic (exact) mass is 278 g/mol. The first-order valence-electron chi connectivity index (χ1n) is 7.12. The number of hydrogen-bond acceptors (Lipinski definition) is 1. The molecule has 0 amide bonds. The zero-order valence-electron chi connectivity index (χ0n) is 10.6. The van der Waals surface area contributed by atoms with Crippen LogP contribution in [0, 0.1) is 35.4 Å². The fourth-order valence-corrected chi connectivity index (χ4v) is 4.88. The molecule has 4 unspecified atom stereocenters. The topological polar surface area (TPSA) is 17.1 Å². The van der Waals surface area contributed by atoms with Crippen LogP contribution in [0.4, 0.5) is 4.39 Å². The van der Waals surface area contributed by atoms with Crippen LogP contribution < -0.4 is 0 Å². The SMILES string of the molecule is O=C(Cc1ccc(Cl)cc1F)C1C2C3CCC(C3)C12. The molecule has 0 saturated heterocycles. The highest BCUT2D eigenvalue weighted by Gasteiger charge is 2.66. The molecule has 19 heavy (non-hydrogen) atoms. The van der Waals surface area contributed by atoms with E-state index < -0.39 is 0 Å². The zero-order valence-corrected chi connectivity index (χ0v) is 11.4. The van der Waals surface area contributed by atoms with E-state index in [0.29, 0.717) is 22.4 Å². The molecular formula is C16H16ClFO. The smallest absolute Gasteiger partial charge is 0.141 e. The van der Waals surface area contributed by atoms with E-state index in [4.69, 9.17) is 11.6 Å². The molecule has 3 saturated carbocycles. The zero-order chi connectivity index (χ0) is 13.1. The van der Waals surface area contributed by atoms with Crippen LogP contribution in [0.1, 0.15) is 24.8 Å². The maximum absolute atomic E-state index is 13.7. The van der Waals surface area contributed by atoms with Crippen molar-refractivity contribution in [1.29, 1.82) is 0 Å². The predicted molar refractivity (Wildman–Crippen MR) is 71.4 cm³/mol. The molecular weight excluding hydrogens is 263 g/mol. The van der Waals surface area contributed by atoms with Gasteiger partial charge in [0, 0.05) is 17.4 Å². The van der Waals surface area contributed by atoms with Crippen molar-refractivity contribution >= 4 is 17.4 Å². The van der Waals surface area contributed by atoms with Gasteiger partial charge in [-0.05, 0) is 60.6 Å². The number of ketones is 1. The van der Waals surface area contributed by atoms with E-state index in [2.05, 4.69) is 0 Å². The number of carbonyl (C=O) groups is 1. The van der Waals surface area contributed by atoms with Crippen molar-refractivity contribution in [3.63, 3.8) is 0 Å². The number of Topliss-reactive ketones (excluding diaryl/α,β-unsaturated/α-hetero) is 1. The maximum Gasteiger partial charge on any atom is 0.141 e. The van der Waals surface area contributed by atoms with Crippen LogP contribution in [0.5, 0.6) is 0 Å². The quantitative estimate of drug-likeness (QED) is 0.820. The molecule has 0 N–H and O–H groups in total. The molecule has 3 heteroatoms. The Bertz CT molecular complexity index is 540. The lowest BCUT2D eigenvalue weighted by Crippen LogP contribution is -2.13. The normalized spacial score (nSPS) is 38.3. The minimum Gasteiger partial charge on any atom is -0.299 e. The molecule has 1 aromatic carbocycles. The van der Waals surface area contributed by atoms with Crippen molar-refractivity contribution in [3.8, 4) is 0 Å². The highest BCUT2D eigenvalue weighted by molar-refractivity contribution is 6.30. The number of fused-ring (bicyclic) bond motifs is 5. The fourth-order valence-electron chi connectivity index (χ4n) is 4.73. The average Bonchev–Trinajstić information content (AvgIpc) is 2.82. The van der Waals surface area contributed by atoms with Gasteiger partial charge in [-0.1, -0.05) is 17.7 Å². The van der Waals surface area contributed by atoms with Crippen molar-refractivity contribution in [2.75, 3.05) is 0 Å². The molecule has 3 aliphatic carbocycles. The summed E-state index contributed by atoms with van der Waals surface area (Å²) < 4.78 is 13.7. The lowest BCUT2D eigenvalue weighted by atomic mass is 9.96. The van der Waals surface area contributed by atoms with Gasteiger partial charge in [-0.2, -0.15) is 0 Å². The summed E-state index contributed by atoms with van der Waals surface area (Å²) in [6.45, 7) is 0. The van der Waals surface area contributed by atoms with Crippen molar-refractivity contribution in [1.82, 2.24) is 0 Å². The second kappa shape index (κ2) is 4.05. The first-order chi connectivity index (χ1) is 9.15. The van der Waals surface area contributed by atoms with Gasteiger partial charge in [0.05, 0.1) is 0 Å². The minimum absolute atomic E-state index is 0.236. The summed E-state index contributed by atoms with van der Waals surface area (Å²) in [4.78, 5) is 12.3. The molecule has 1 aromatic rings. The average molecular weight is 279 g/mol. The van der Waals surface area contributed by atoms with E-state index in [1.54, 1.807) is 12.1 Å². The Kier molecular flexibility index (Phi) is 2.54. The molecule has 0 radical (unpaired) electrons. The van der Waals surface area contributed by atoms with Gasteiger partial charge in [-0.15, -0.1) is 0 Å². The molecule has 0 heterocycles. The van der Waals surface area contributed by atoms with Gasteiger partial charge in [-0.25, -0.2) is 4.39 Å². The molecule has 0 aliphatic heterocycles. The van der Waals surface area contributed by atoms with Crippen molar-refractivity contribution in [2.45, 2.75) is 25.7 Å². The van der Waals surface area contributed by atoms with Crippen LogP contribution in [0.3, 0.4) is 0 Å². The van der Waals surface area contributed by atoms with E-state index >= 15 is 0 Å². The molecule has 4 atom stereocenters. The van der Waals surface area contributed by atoms with Crippen molar-refractivity contribution < 1.29 is 9.18 Å². The molecule has 2 bridgehead atoms. The number of carbonyl (C=O) groups excluding carboxylic acids is 1. The van der Waals surface area contributed by atoms with E-state index in [9.17, 15) is 9.18 Å². The third kappa shape index (κ3) is 1.76. The second-order valence-electron chi connectivity index (χ2n) is 6.39. The number of hydrogen-bond donors (Lipinski definition) is 0. The molecule has 0 aromatic heterocycles. The molecule has 0 spiro atoms. The summed E-state index contributed by atoms with van der Waals surface area (Å²) in [5.74, 6) is 2.99. The Hall–Kier alpha value is -0.890. The summed E-state index contributed by atoms with van der Waals surface area (Å²) in [6, 6.07) is 4.59. The Morgan fingerprint density at radius 2 is 1.95 bits per heavy atom. The molecule has 3 aliphatic rings. The Morgan fingerprint density at radius 1 is 1.26 bits per heavy atom. The summed E-state index contributed by atoms with van der Waals surface area (Å²) in [5.41, 5.74) is 0.492. The fraction of sp³-hybridized carbons (Fsp3) is 0.562. The summed E-state index contributed by atoms with van der Waals surface area (Å²) in [6.07, 6.45) is 4.20. The minimum atomic E-state index is -0.352. The second-order valence-corrected chi connectivity index (χ2v) is 6.83. The molecule has 3 fully saturated rings. The number of benzene rings is 1. The Labute approximate surface area is 117 Å². The highest BCUT2D eigenvalue weighted by Crippen LogP contribution is 2.69. The van der Waals surface area contributed by atoms with E-state index in [0.717, 1.165) is 11.8 Å². The highest BCUT2D eigenvalue weighted by atomic mass is 35.5. The number of rotatable bonds is 3. The standard InChI is InChI=1S/C16H16ClFO/c17-11-4-3-8(12(18)7-11)6-13(19)16-14-9-1-2-10(5-9)15(14)16/h3-4,7,9-10,14-16H,1-2,5-6H2. The Morgan fingerprint density at radius 3 is 2.58 bits per heavy atom. The largest absolute Gasteiger partial charge is 0.299 e. The van der Waals surface area contributed by atoms with Gasteiger partial charge in [0.2, 0.25) is 0 Å². The van der Waals surface area contributed by atoms with E-state index in [1.165, 1.54) is 25.3 Å². The van der Waals surface area contributed by atoms with Gasteiger partial charge < -0.3 is 0 Å². The first kappa shape index (κ1) is 11.9. The van der Waals surface area contributed by atoms with Crippen LogP contribution in [-0.4, -0.2) is 5.78 Å². The van der Waals surface area contributed by atoms with Gasteiger partial charge in [0.15, 0.2) is 0 Å². The third-order valence-corrected chi connectivity index (χ3v) is 5.72. The van der Waals surface area contributed by atoms with Crippen LogP contribution in [-0.2, 0) is 11.2 Å². The van der Waals surface area contributed by atoms with Crippen LogP contribution in [0.25, 0.3) is 0 Å². The van der Waals surface area contributed by atoms with Crippen LogP contribution >= 0.6 is 11.6 Å². The van der Waals surface area contributed by atoms with Crippen molar-refractivity contribution in [3.05, 3.63) is 34.6 Å². The lowest BCUT2D eigenvalue weighted by molar-refractivity contribution is -0.120. The molecule has 100 valence electrons. The predicted octanol–water partition coefficient (Wildman–Crippen LogP) is 3.88. The maximum atomic E-state index is 13.7. The van der Waals surface area contributed by atoms with Gasteiger partial charge in [0.25, 0.3) is 0 Å². The first-order valence-corrected chi connectivity index (χ1v) is 7.49. The lowest BCUT2D eigenvalue weighted by Gasteiger charge is -2.08. The number of halogens is 2. The van der Waals surface area contributed by atoms with E-state index in [1.807, 2.05) is 0 Å². The molecule has 4 rings (SSSR count).